The van der Waals surface area contributed by atoms with Gasteiger partial charge in [-0.1, -0.05) is 67.9 Å². The molecule has 2 bridgehead atoms. The molecule has 0 amide bonds. The Morgan fingerprint density at radius 1 is 0.862 bits per heavy atom. The minimum atomic E-state index is -0.921. The second kappa shape index (κ2) is 9.45. The zero-order chi connectivity index (χ0) is 20.1. The van der Waals surface area contributed by atoms with Crippen LogP contribution in [0.5, 0.6) is 0 Å². The third-order valence-electron chi connectivity index (χ3n) is 7.29. The first-order valence-electron chi connectivity index (χ1n) is 11.8. The van der Waals surface area contributed by atoms with Gasteiger partial charge >= 0.3 is 0 Å². The number of hydrogen-bond acceptors (Lipinski definition) is 2. The standard InChI is InChI=1S/C27H37NO/c1-2-3-7-22-14-16-26(17-15-22)27(29,25-8-5-4-6-9-25)18-19-28-20-23-10-11-24(21-28)13-12-23/h4-6,8-9,14-17,23-24,29H,2-3,7,10-13,18-21H2,1H3. The highest BCUT2D eigenvalue weighted by atomic mass is 16.3. The molecule has 0 spiro atoms. The maximum atomic E-state index is 11.9. The topological polar surface area (TPSA) is 23.5 Å². The summed E-state index contributed by atoms with van der Waals surface area (Å²) in [6, 6.07) is 19.0. The Morgan fingerprint density at radius 3 is 2.03 bits per heavy atom. The molecule has 3 fully saturated rings. The molecule has 1 saturated carbocycles. The van der Waals surface area contributed by atoms with Crippen LogP contribution in [0.3, 0.4) is 0 Å². The second-order valence-corrected chi connectivity index (χ2v) is 9.42. The number of aliphatic hydroxyl groups is 1. The molecule has 2 aliphatic heterocycles. The van der Waals surface area contributed by atoms with E-state index in [4.69, 9.17) is 0 Å². The Morgan fingerprint density at radius 2 is 1.45 bits per heavy atom. The van der Waals surface area contributed by atoms with Crippen molar-refractivity contribution < 1.29 is 5.11 Å². The van der Waals surface area contributed by atoms with Crippen LogP contribution in [0, 0.1) is 11.8 Å². The summed E-state index contributed by atoms with van der Waals surface area (Å²) in [7, 11) is 0. The molecule has 2 saturated heterocycles. The third kappa shape index (κ3) is 4.92. The molecule has 1 unspecified atom stereocenters. The molecule has 2 aromatic rings. The summed E-state index contributed by atoms with van der Waals surface area (Å²) in [5.41, 5.74) is 2.49. The van der Waals surface area contributed by atoms with Crippen LogP contribution in [0.4, 0.5) is 0 Å². The maximum absolute atomic E-state index is 11.9. The SMILES string of the molecule is CCCCc1ccc(C(O)(CCN2CC3CCC(CC3)C2)c2ccccc2)cc1. The Labute approximate surface area is 177 Å². The number of nitrogens with zero attached hydrogens (tertiary/aromatic N) is 1. The summed E-state index contributed by atoms with van der Waals surface area (Å²) in [5, 5.41) is 11.9. The van der Waals surface area contributed by atoms with Gasteiger partial charge in [0, 0.05) is 19.6 Å². The van der Waals surface area contributed by atoms with E-state index >= 15 is 0 Å². The summed E-state index contributed by atoms with van der Waals surface area (Å²) in [4.78, 5) is 2.64. The fraction of sp³-hybridized carbons (Fsp3) is 0.556. The number of aryl methyl sites for hydroxylation is 1. The van der Waals surface area contributed by atoms with E-state index in [1.54, 1.807) is 0 Å². The van der Waals surface area contributed by atoms with Gasteiger partial charge < -0.3 is 10.0 Å². The van der Waals surface area contributed by atoms with E-state index in [1.165, 1.54) is 57.2 Å². The summed E-state index contributed by atoms with van der Waals surface area (Å²) in [6.07, 6.45) is 9.94. The van der Waals surface area contributed by atoms with E-state index < -0.39 is 5.60 Å². The average molecular weight is 392 g/mol. The first-order chi connectivity index (χ1) is 14.2. The molecule has 2 nitrogen and oxygen atoms in total. The zero-order valence-electron chi connectivity index (χ0n) is 18.0. The first-order valence-corrected chi connectivity index (χ1v) is 11.8. The summed E-state index contributed by atoms with van der Waals surface area (Å²) < 4.78 is 0. The van der Waals surface area contributed by atoms with E-state index in [2.05, 4.69) is 48.2 Å². The van der Waals surface area contributed by atoms with Gasteiger partial charge in [0.25, 0.3) is 0 Å². The molecule has 5 rings (SSSR count). The number of hydrogen-bond donors (Lipinski definition) is 1. The van der Waals surface area contributed by atoms with Crippen molar-refractivity contribution in [2.75, 3.05) is 19.6 Å². The fourth-order valence-electron chi connectivity index (χ4n) is 5.40. The van der Waals surface area contributed by atoms with Crippen LogP contribution in [0.25, 0.3) is 0 Å². The van der Waals surface area contributed by atoms with Crippen molar-refractivity contribution in [3.05, 3.63) is 71.3 Å². The van der Waals surface area contributed by atoms with Gasteiger partial charge in [-0.3, -0.25) is 0 Å². The van der Waals surface area contributed by atoms with Gasteiger partial charge in [0.2, 0.25) is 0 Å². The van der Waals surface area contributed by atoms with Crippen LogP contribution in [-0.4, -0.2) is 29.6 Å². The Bertz CT molecular complexity index is 734. The molecular weight excluding hydrogens is 354 g/mol. The fourth-order valence-corrected chi connectivity index (χ4v) is 5.40. The van der Waals surface area contributed by atoms with Crippen LogP contribution in [0.1, 0.15) is 68.6 Å². The van der Waals surface area contributed by atoms with Crippen molar-refractivity contribution >= 4 is 0 Å². The van der Waals surface area contributed by atoms with Crippen molar-refractivity contribution in [3.63, 3.8) is 0 Å². The van der Waals surface area contributed by atoms with Crippen LogP contribution >= 0.6 is 0 Å². The highest BCUT2D eigenvalue weighted by molar-refractivity contribution is 5.37. The minimum Gasteiger partial charge on any atom is -0.380 e. The molecule has 1 N–H and O–H groups in total. The predicted molar refractivity (Wildman–Crippen MR) is 121 cm³/mol. The Balaban J connectivity index is 1.53. The Kier molecular flexibility index (Phi) is 6.72. The molecule has 156 valence electrons. The molecule has 1 atom stereocenters. The summed E-state index contributed by atoms with van der Waals surface area (Å²) in [6.45, 7) is 5.64. The van der Waals surface area contributed by atoms with E-state index in [0.29, 0.717) is 0 Å². The monoisotopic (exact) mass is 391 g/mol. The predicted octanol–water partition coefficient (Wildman–Crippen LogP) is 5.78. The lowest BCUT2D eigenvalue weighted by Gasteiger charge is -2.33. The molecular formula is C27H37NO. The van der Waals surface area contributed by atoms with Gasteiger partial charge in [0.1, 0.15) is 5.60 Å². The normalized spacial score (nSPS) is 24.2. The van der Waals surface area contributed by atoms with Gasteiger partial charge in [-0.05, 0) is 73.5 Å². The molecule has 2 heteroatoms. The second-order valence-electron chi connectivity index (χ2n) is 9.42. The van der Waals surface area contributed by atoms with Gasteiger partial charge in [-0.2, -0.15) is 0 Å². The van der Waals surface area contributed by atoms with Crippen LogP contribution in [-0.2, 0) is 12.0 Å². The molecule has 3 aliphatic rings. The average Bonchev–Trinajstić information content (AvgIpc) is 3.10. The van der Waals surface area contributed by atoms with E-state index in [1.807, 2.05) is 18.2 Å². The minimum absolute atomic E-state index is 0.755. The highest BCUT2D eigenvalue weighted by Crippen LogP contribution is 2.37. The maximum Gasteiger partial charge on any atom is 0.116 e. The summed E-state index contributed by atoms with van der Waals surface area (Å²) in [5.74, 6) is 1.74. The van der Waals surface area contributed by atoms with Crippen molar-refractivity contribution in [3.8, 4) is 0 Å². The van der Waals surface area contributed by atoms with Crippen molar-refractivity contribution in [1.29, 1.82) is 0 Å². The van der Waals surface area contributed by atoms with Crippen LogP contribution in [0.2, 0.25) is 0 Å². The van der Waals surface area contributed by atoms with Gasteiger partial charge in [-0.15, -0.1) is 0 Å². The van der Waals surface area contributed by atoms with E-state index in [9.17, 15) is 5.11 Å². The zero-order valence-corrected chi connectivity index (χ0v) is 18.0. The molecule has 1 aliphatic carbocycles. The molecule has 2 heterocycles. The lowest BCUT2D eigenvalue weighted by molar-refractivity contribution is 0.0558. The van der Waals surface area contributed by atoms with Crippen molar-refractivity contribution in [2.45, 2.75) is 63.9 Å². The first kappa shape index (κ1) is 20.6. The molecule has 0 aromatic heterocycles. The largest absolute Gasteiger partial charge is 0.380 e. The molecule has 0 radical (unpaired) electrons. The van der Waals surface area contributed by atoms with Crippen molar-refractivity contribution in [2.24, 2.45) is 11.8 Å². The lowest BCUT2D eigenvalue weighted by atomic mass is 9.83. The van der Waals surface area contributed by atoms with Gasteiger partial charge in [-0.25, -0.2) is 0 Å². The Hall–Kier alpha value is -1.64. The molecule has 29 heavy (non-hydrogen) atoms. The van der Waals surface area contributed by atoms with E-state index in [0.717, 1.165) is 42.3 Å². The van der Waals surface area contributed by atoms with E-state index in [-0.39, 0.29) is 0 Å². The highest BCUT2D eigenvalue weighted by Gasteiger charge is 2.34. The smallest absolute Gasteiger partial charge is 0.116 e. The number of rotatable bonds is 8. The van der Waals surface area contributed by atoms with Gasteiger partial charge in [0.05, 0.1) is 0 Å². The van der Waals surface area contributed by atoms with Crippen LogP contribution < -0.4 is 0 Å². The number of unbranched alkanes of at least 4 members (excludes halogenated alkanes) is 1. The lowest BCUT2D eigenvalue weighted by Crippen LogP contribution is -2.36. The van der Waals surface area contributed by atoms with Crippen LogP contribution in [0.15, 0.2) is 54.6 Å². The number of benzene rings is 2. The van der Waals surface area contributed by atoms with Crippen molar-refractivity contribution in [1.82, 2.24) is 4.90 Å². The summed E-state index contributed by atoms with van der Waals surface area (Å²) >= 11 is 0. The number of fused-ring (bicyclic) bond motifs is 4. The quantitative estimate of drug-likeness (QED) is 0.617. The third-order valence-corrected chi connectivity index (χ3v) is 7.29. The van der Waals surface area contributed by atoms with Gasteiger partial charge in [0.15, 0.2) is 0 Å². The molecule has 2 aromatic carbocycles.